The summed E-state index contributed by atoms with van der Waals surface area (Å²) < 4.78 is 0. The molecule has 3 aromatic rings. The van der Waals surface area contributed by atoms with Crippen molar-refractivity contribution in [3.05, 3.63) is 95.2 Å². The molecule has 1 atom stereocenters. The minimum Gasteiger partial charge on any atom is -0.595 e. The SMILES string of the molecule is N#C/C(=C/c1ccc(-c2ccccc2)cc1)c1ccc([NH+]([O-])O)cc1. The zero-order valence-electron chi connectivity index (χ0n) is 13.4. The lowest BCUT2D eigenvalue weighted by Gasteiger charge is -2.11. The van der Waals surface area contributed by atoms with Crippen LogP contribution in [-0.2, 0) is 0 Å². The summed E-state index contributed by atoms with van der Waals surface area (Å²) in [5, 5.41) is 28.3. The van der Waals surface area contributed by atoms with Crippen LogP contribution in [0.5, 0.6) is 0 Å². The Balaban J connectivity index is 1.86. The lowest BCUT2D eigenvalue weighted by Crippen LogP contribution is -2.99. The van der Waals surface area contributed by atoms with Crippen LogP contribution in [0.1, 0.15) is 11.1 Å². The molecule has 0 fully saturated rings. The standard InChI is InChI=1S/C21H16N2O2/c22-15-20(19-10-12-21(13-11-19)23(24)25)14-16-6-8-18(9-7-16)17-4-2-1-3-5-17/h1-14,23-24H/b20-14-. The van der Waals surface area contributed by atoms with Gasteiger partial charge in [-0.25, -0.2) is 5.21 Å². The van der Waals surface area contributed by atoms with Crippen molar-refractivity contribution in [1.29, 1.82) is 5.26 Å². The maximum atomic E-state index is 10.9. The lowest BCUT2D eigenvalue weighted by molar-refractivity contribution is -0.991. The first-order valence-electron chi connectivity index (χ1n) is 7.78. The molecule has 0 saturated heterocycles. The fourth-order valence-corrected chi connectivity index (χ4v) is 2.54. The van der Waals surface area contributed by atoms with Crippen LogP contribution in [0.25, 0.3) is 22.8 Å². The highest BCUT2D eigenvalue weighted by molar-refractivity contribution is 5.90. The van der Waals surface area contributed by atoms with E-state index in [1.165, 1.54) is 12.1 Å². The Morgan fingerprint density at radius 3 is 2.04 bits per heavy atom. The largest absolute Gasteiger partial charge is 0.595 e. The Kier molecular flexibility index (Phi) is 5.03. The summed E-state index contributed by atoms with van der Waals surface area (Å²) in [6, 6.07) is 26.5. The number of hydrogen-bond acceptors (Lipinski definition) is 3. The smallest absolute Gasteiger partial charge is 0.163 e. The molecule has 0 amide bonds. The molecule has 4 heteroatoms. The molecule has 0 aliphatic carbocycles. The zero-order valence-corrected chi connectivity index (χ0v) is 13.4. The first-order valence-corrected chi connectivity index (χ1v) is 7.78. The zero-order chi connectivity index (χ0) is 17.6. The van der Waals surface area contributed by atoms with Crippen LogP contribution in [0.2, 0.25) is 0 Å². The molecule has 0 heterocycles. The maximum Gasteiger partial charge on any atom is 0.163 e. The van der Waals surface area contributed by atoms with Gasteiger partial charge in [0.05, 0.1) is 11.6 Å². The quantitative estimate of drug-likeness (QED) is 0.434. The summed E-state index contributed by atoms with van der Waals surface area (Å²) in [5.74, 6) is 0. The average Bonchev–Trinajstić information content (AvgIpc) is 2.67. The molecule has 122 valence electrons. The van der Waals surface area contributed by atoms with E-state index in [0.29, 0.717) is 11.1 Å². The molecule has 0 saturated carbocycles. The molecule has 0 aliphatic heterocycles. The molecule has 0 aromatic heterocycles. The Morgan fingerprint density at radius 2 is 1.48 bits per heavy atom. The van der Waals surface area contributed by atoms with Gasteiger partial charge in [-0.2, -0.15) is 10.5 Å². The minimum absolute atomic E-state index is 0.202. The van der Waals surface area contributed by atoms with E-state index in [4.69, 9.17) is 5.21 Å². The van der Waals surface area contributed by atoms with E-state index in [1.54, 1.807) is 18.2 Å². The van der Waals surface area contributed by atoms with Crippen LogP contribution < -0.4 is 5.23 Å². The summed E-state index contributed by atoms with van der Waals surface area (Å²) in [5.41, 5.74) is 4.56. The van der Waals surface area contributed by atoms with E-state index in [1.807, 2.05) is 42.5 Å². The van der Waals surface area contributed by atoms with Gasteiger partial charge in [-0.05, 0) is 40.5 Å². The normalized spacial score (nSPS) is 12.4. The molecule has 1 unspecified atom stereocenters. The topological polar surface area (TPSA) is 71.5 Å². The third-order valence-corrected chi connectivity index (χ3v) is 3.89. The highest BCUT2D eigenvalue weighted by Crippen LogP contribution is 2.22. The van der Waals surface area contributed by atoms with Gasteiger partial charge >= 0.3 is 0 Å². The molecule has 2 N–H and O–H groups in total. The van der Waals surface area contributed by atoms with E-state index in [0.717, 1.165) is 16.7 Å². The van der Waals surface area contributed by atoms with Crippen LogP contribution in [-0.4, -0.2) is 5.21 Å². The minimum atomic E-state index is -0.981. The number of benzene rings is 3. The highest BCUT2D eigenvalue weighted by Gasteiger charge is 2.04. The number of nitrogens with one attached hydrogen (secondary N) is 1. The number of nitrogens with zero attached hydrogens (tertiary/aromatic N) is 1. The summed E-state index contributed by atoms with van der Waals surface area (Å²) in [6.45, 7) is 0. The number of rotatable bonds is 4. The highest BCUT2D eigenvalue weighted by atomic mass is 16.8. The van der Waals surface area contributed by atoms with Gasteiger partial charge in [0, 0.05) is 12.1 Å². The first kappa shape index (κ1) is 16.6. The fourth-order valence-electron chi connectivity index (χ4n) is 2.54. The molecule has 0 aliphatic rings. The molecular formula is C21H16N2O2. The van der Waals surface area contributed by atoms with Crippen LogP contribution in [0, 0.1) is 16.5 Å². The molecule has 3 aromatic carbocycles. The molecule has 4 nitrogen and oxygen atoms in total. The Hall–Kier alpha value is -3.23. The van der Waals surface area contributed by atoms with Crippen molar-refractivity contribution in [1.82, 2.24) is 0 Å². The Morgan fingerprint density at radius 1 is 0.880 bits per heavy atom. The van der Waals surface area contributed by atoms with Gasteiger partial charge in [0.2, 0.25) is 0 Å². The van der Waals surface area contributed by atoms with Gasteiger partial charge in [0.25, 0.3) is 0 Å². The van der Waals surface area contributed by atoms with Gasteiger partial charge in [0.15, 0.2) is 5.69 Å². The van der Waals surface area contributed by atoms with Crippen LogP contribution >= 0.6 is 0 Å². The van der Waals surface area contributed by atoms with Crippen molar-refractivity contribution < 1.29 is 10.4 Å². The summed E-state index contributed by atoms with van der Waals surface area (Å²) in [4.78, 5) is 0. The summed E-state index contributed by atoms with van der Waals surface area (Å²) >= 11 is 0. The summed E-state index contributed by atoms with van der Waals surface area (Å²) in [6.07, 6.45) is 1.80. The second-order valence-corrected chi connectivity index (χ2v) is 5.54. The van der Waals surface area contributed by atoms with Gasteiger partial charge in [-0.15, -0.1) is 0 Å². The molecular weight excluding hydrogens is 312 g/mol. The van der Waals surface area contributed by atoms with E-state index >= 15 is 0 Å². The van der Waals surface area contributed by atoms with Gasteiger partial charge < -0.3 is 5.21 Å². The van der Waals surface area contributed by atoms with Crippen molar-refractivity contribution in [2.45, 2.75) is 0 Å². The third kappa shape index (κ3) is 4.00. The van der Waals surface area contributed by atoms with Crippen LogP contribution in [0.15, 0.2) is 78.9 Å². The van der Waals surface area contributed by atoms with E-state index in [-0.39, 0.29) is 5.69 Å². The Bertz CT molecular complexity index is 907. The van der Waals surface area contributed by atoms with Crippen molar-refractivity contribution >= 4 is 17.3 Å². The Labute approximate surface area is 146 Å². The fraction of sp³-hybridized carbons (Fsp3) is 0. The van der Waals surface area contributed by atoms with Crippen molar-refractivity contribution in [3.63, 3.8) is 0 Å². The van der Waals surface area contributed by atoms with Crippen LogP contribution in [0.4, 0.5) is 5.69 Å². The predicted molar refractivity (Wildman–Crippen MR) is 97.6 cm³/mol. The number of quaternary nitrogens is 1. The van der Waals surface area contributed by atoms with E-state index in [2.05, 4.69) is 18.2 Å². The van der Waals surface area contributed by atoms with Gasteiger partial charge in [-0.3, -0.25) is 0 Å². The van der Waals surface area contributed by atoms with E-state index < -0.39 is 5.23 Å². The van der Waals surface area contributed by atoms with Crippen molar-refractivity contribution in [3.8, 4) is 17.2 Å². The molecule has 25 heavy (non-hydrogen) atoms. The van der Waals surface area contributed by atoms with Crippen molar-refractivity contribution in [2.75, 3.05) is 0 Å². The van der Waals surface area contributed by atoms with Gasteiger partial charge in [-0.1, -0.05) is 54.6 Å². The number of hydrogen-bond donors (Lipinski definition) is 2. The molecule has 3 rings (SSSR count). The van der Waals surface area contributed by atoms with Crippen LogP contribution in [0.3, 0.4) is 0 Å². The predicted octanol–water partition coefficient (Wildman–Crippen LogP) is 3.82. The number of nitriles is 1. The molecule has 0 radical (unpaired) electrons. The van der Waals surface area contributed by atoms with Gasteiger partial charge in [0.1, 0.15) is 0 Å². The summed E-state index contributed by atoms with van der Waals surface area (Å²) in [7, 11) is 0. The lowest BCUT2D eigenvalue weighted by atomic mass is 10.0. The van der Waals surface area contributed by atoms with Crippen molar-refractivity contribution in [2.24, 2.45) is 0 Å². The third-order valence-electron chi connectivity index (χ3n) is 3.89. The second kappa shape index (κ2) is 7.56. The number of allylic oxidation sites excluding steroid dienone is 1. The molecule has 0 spiro atoms. The monoisotopic (exact) mass is 328 g/mol. The average molecular weight is 328 g/mol. The maximum absolute atomic E-state index is 10.9. The first-order chi connectivity index (χ1) is 12.2. The molecule has 0 bridgehead atoms. The second-order valence-electron chi connectivity index (χ2n) is 5.54. The van der Waals surface area contributed by atoms with E-state index in [9.17, 15) is 10.5 Å².